The van der Waals surface area contributed by atoms with E-state index in [0.717, 1.165) is 44.2 Å². The number of carbonyl (C=O) groups is 1. The maximum Gasteiger partial charge on any atom is 0.279 e. The molecule has 2 aromatic rings. The molecule has 0 aliphatic carbocycles. The third-order valence-electron chi connectivity index (χ3n) is 5.00. The summed E-state index contributed by atoms with van der Waals surface area (Å²) < 4.78 is 10.8. The molecule has 142 valence electrons. The Morgan fingerprint density at radius 3 is 2.70 bits per heavy atom. The monoisotopic (exact) mass is 390 g/mol. The van der Waals surface area contributed by atoms with E-state index in [-0.39, 0.29) is 5.91 Å². The van der Waals surface area contributed by atoms with Crippen molar-refractivity contribution < 1.29 is 24.1 Å². The molecule has 4 rings (SSSR count). The van der Waals surface area contributed by atoms with Crippen LogP contribution in [0.2, 0.25) is 5.15 Å². The molecule has 1 aromatic heterocycles. The van der Waals surface area contributed by atoms with Crippen LogP contribution in [-0.4, -0.2) is 50.4 Å². The number of benzene rings is 1. The normalized spacial score (nSPS) is 21.1. The first kappa shape index (κ1) is 18.0. The van der Waals surface area contributed by atoms with Gasteiger partial charge in [0.1, 0.15) is 32.7 Å². The summed E-state index contributed by atoms with van der Waals surface area (Å²) in [5, 5.41) is 3.16. The van der Waals surface area contributed by atoms with Gasteiger partial charge in [-0.05, 0) is 30.3 Å². The van der Waals surface area contributed by atoms with E-state index in [2.05, 4.69) is 22.4 Å². The zero-order valence-electron chi connectivity index (χ0n) is 15.0. The largest absolute Gasteiger partial charge is 0.454 e. The van der Waals surface area contributed by atoms with Gasteiger partial charge < -0.3 is 24.6 Å². The Hall–Kier alpha value is -2.35. The number of aromatic nitrogens is 1. The van der Waals surface area contributed by atoms with E-state index in [1.54, 1.807) is 18.3 Å². The van der Waals surface area contributed by atoms with E-state index >= 15 is 0 Å². The Bertz CT molecular complexity index is 824. The minimum absolute atomic E-state index is 0.0286. The number of anilines is 1. The maximum atomic E-state index is 12.3. The van der Waals surface area contributed by atoms with Crippen LogP contribution in [0.15, 0.2) is 36.5 Å². The lowest BCUT2D eigenvalue weighted by Gasteiger charge is -2.29. The summed E-state index contributed by atoms with van der Waals surface area (Å²) in [6.07, 6.45) is 1.60. The van der Waals surface area contributed by atoms with Crippen molar-refractivity contribution in [3.8, 4) is 11.5 Å². The zero-order chi connectivity index (χ0) is 18.6. The van der Waals surface area contributed by atoms with Crippen LogP contribution in [0.3, 0.4) is 0 Å². The highest BCUT2D eigenvalue weighted by molar-refractivity contribution is 6.32. The number of hydrogen-bond acceptors (Lipinski definition) is 4. The minimum atomic E-state index is -0.0286. The molecule has 3 N–H and O–H groups in total. The smallest absolute Gasteiger partial charge is 0.279 e. The van der Waals surface area contributed by atoms with Gasteiger partial charge in [-0.1, -0.05) is 11.6 Å². The summed E-state index contributed by atoms with van der Waals surface area (Å²) >= 11 is 5.99. The Labute approximate surface area is 162 Å². The van der Waals surface area contributed by atoms with Gasteiger partial charge in [0.15, 0.2) is 23.2 Å². The predicted octanol–water partition coefficient (Wildman–Crippen LogP) is -0.614. The van der Waals surface area contributed by atoms with E-state index in [1.165, 1.54) is 15.4 Å². The molecule has 27 heavy (non-hydrogen) atoms. The Morgan fingerprint density at radius 1 is 1.11 bits per heavy atom. The van der Waals surface area contributed by atoms with Gasteiger partial charge in [-0.2, -0.15) is 0 Å². The number of amides is 1. The topological polar surface area (TPSA) is 69.3 Å². The summed E-state index contributed by atoms with van der Waals surface area (Å²) in [7, 11) is 0. The van der Waals surface area contributed by atoms with Crippen molar-refractivity contribution in [3.63, 3.8) is 0 Å². The molecule has 8 heteroatoms. The number of piperazine rings is 1. The van der Waals surface area contributed by atoms with Gasteiger partial charge in [0.2, 0.25) is 6.79 Å². The molecule has 3 heterocycles. The van der Waals surface area contributed by atoms with Gasteiger partial charge in [0.05, 0.1) is 5.69 Å². The average Bonchev–Trinajstić information content (AvgIpc) is 3.13. The van der Waals surface area contributed by atoms with Crippen molar-refractivity contribution in [3.05, 3.63) is 47.2 Å². The van der Waals surface area contributed by atoms with Gasteiger partial charge in [0, 0.05) is 11.8 Å². The molecule has 1 saturated heterocycles. The number of fused-ring (bicyclic) bond motifs is 1. The molecule has 7 nitrogen and oxygen atoms in total. The highest BCUT2D eigenvalue weighted by atomic mass is 35.5. The van der Waals surface area contributed by atoms with Crippen LogP contribution in [0.4, 0.5) is 5.69 Å². The van der Waals surface area contributed by atoms with Gasteiger partial charge in [0.25, 0.3) is 5.91 Å². The molecular weight excluding hydrogens is 368 g/mol. The highest BCUT2D eigenvalue weighted by Crippen LogP contribution is 2.32. The molecule has 0 radical (unpaired) electrons. The van der Waals surface area contributed by atoms with E-state index in [4.69, 9.17) is 21.1 Å². The summed E-state index contributed by atoms with van der Waals surface area (Å²) in [4.78, 5) is 19.1. The molecular formula is C19H23ClN4O3+2. The lowest BCUT2D eigenvalue weighted by atomic mass is 10.1. The fourth-order valence-corrected chi connectivity index (χ4v) is 3.72. The summed E-state index contributed by atoms with van der Waals surface area (Å²) in [6.45, 7) is 5.71. The van der Waals surface area contributed by atoms with Crippen molar-refractivity contribution >= 4 is 23.2 Å². The number of nitrogens with zero attached hydrogens (tertiary/aromatic N) is 1. The maximum absolute atomic E-state index is 12.3. The number of pyridine rings is 1. The lowest BCUT2D eigenvalue weighted by Crippen LogP contribution is -3.28. The van der Waals surface area contributed by atoms with E-state index < -0.39 is 0 Å². The second-order valence-corrected chi connectivity index (χ2v) is 7.29. The second-order valence-electron chi connectivity index (χ2n) is 6.93. The van der Waals surface area contributed by atoms with E-state index in [9.17, 15) is 4.79 Å². The predicted molar refractivity (Wildman–Crippen MR) is 100 cm³/mol. The van der Waals surface area contributed by atoms with Crippen LogP contribution in [0.25, 0.3) is 0 Å². The van der Waals surface area contributed by atoms with Crippen LogP contribution in [0.5, 0.6) is 11.5 Å². The molecule has 0 atom stereocenters. The molecule has 2 aliphatic rings. The Kier molecular flexibility index (Phi) is 5.42. The standard InChI is InChI=1S/C19H21ClN4O3/c20-19-15(2-1-5-21-19)22-18(25)12-24-8-6-23(7-9-24)11-14-3-4-16-17(10-14)27-13-26-16/h1-5,10H,6-9,11-13H2,(H,22,25)/p+2. The van der Waals surface area contributed by atoms with Crippen molar-refractivity contribution in [1.82, 2.24) is 4.98 Å². The zero-order valence-corrected chi connectivity index (χ0v) is 15.7. The summed E-state index contributed by atoms with van der Waals surface area (Å²) in [5.74, 6) is 1.63. The van der Waals surface area contributed by atoms with Crippen LogP contribution in [0.1, 0.15) is 5.56 Å². The molecule has 1 amide bonds. The first-order valence-electron chi connectivity index (χ1n) is 9.13. The third-order valence-corrected chi connectivity index (χ3v) is 5.30. The molecule has 1 aromatic carbocycles. The van der Waals surface area contributed by atoms with Crippen molar-refractivity contribution in [1.29, 1.82) is 0 Å². The third kappa shape index (κ3) is 4.50. The number of quaternary nitrogens is 2. The summed E-state index contributed by atoms with van der Waals surface area (Å²) in [6, 6.07) is 9.67. The molecule has 2 aliphatic heterocycles. The van der Waals surface area contributed by atoms with Crippen LogP contribution in [0, 0.1) is 0 Å². The van der Waals surface area contributed by atoms with Gasteiger partial charge in [-0.15, -0.1) is 0 Å². The molecule has 1 fully saturated rings. The molecule has 0 saturated carbocycles. The lowest BCUT2D eigenvalue weighted by molar-refractivity contribution is -1.02. The first-order chi connectivity index (χ1) is 13.2. The van der Waals surface area contributed by atoms with Gasteiger partial charge >= 0.3 is 0 Å². The van der Waals surface area contributed by atoms with Crippen molar-refractivity contribution in [2.45, 2.75) is 6.54 Å². The Morgan fingerprint density at radius 2 is 1.89 bits per heavy atom. The molecule has 0 unspecified atom stereocenters. The minimum Gasteiger partial charge on any atom is -0.454 e. The van der Waals surface area contributed by atoms with Crippen molar-refractivity contribution in [2.75, 3.05) is 44.8 Å². The quantitative estimate of drug-likeness (QED) is 0.596. The van der Waals surface area contributed by atoms with Crippen LogP contribution in [-0.2, 0) is 11.3 Å². The Balaban J connectivity index is 1.24. The molecule has 0 bridgehead atoms. The summed E-state index contributed by atoms with van der Waals surface area (Å²) in [5.41, 5.74) is 1.82. The van der Waals surface area contributed by atoms with Crippen LogP contribution < -0.4 is 24.6 Å². The average molecular weight is 391 g/mol. The number of carbonyl (C=O) groups excluding carboxylic acids is 1. The number of nitrogens with one attached hydrogen (secondary N) is 3. The molecule has 0 spiro atoms. The van der Waals surface area contributed by atoms with Crippen LogP contribution >= 0.6 is 11.6 Å². The number of hydrogen-bond donors (Lipinski definition) is 3. The highest BCUT2D eigenvalue weighted by Gasteiger charge is 2.25. The van der Waals surface area contributed by atoms with E-state index in [1.807, 2.05) is 6.07 Å². The SMILES string of the molecule is O=C(C[NH+]1CC[NH+](Cc2ccc3c(c2)OCO3)CC1)Nc1cccnc1Cl. The number of halogens is 1. The fraction of sp³-hybridized carbons (Fsp3) is 0.368. The first-order valence-corrected chi connectivity index (χ1v) is 9.51. The van der Waals surface area contributed by atoms with Gasteiger partial charge in [-0.25, -0.2) is 4.98 Å². The number of ether oxygens (including phenoxy) is 2. The van der Waals surface area contributed by atoms with E-state index in [0.29, 0.717) is 24.2 Å². The number of rotatable bonds is 5. The fourth-order valence-electron chi connectivity index (χ4n) is 3.55. The second kappa shape index (κ2) is 8.12. The van der Waals surface area contributed by atoms with Crippen molar-refractivity contribution in [2.24, 2.45) is 0 Å². The van der Waals surface area contributed by atoms with Gasteiger partial charge in [-0.3, -0.25) is 4.79 Å².